The van der Waals surface area contributed by atoms with E-state index in [4.69, 9.17) is 4.74 Å². The highest BCUT2D eigenvalue weighted by Crippen LogP contribution is 2.26. The van der Waals surface area contributed by atoms with Gasteiger partial charge in [-0.2, -0.15) is 0 Å². The smallest absolute Gasteiger partial charge is 0.0467 e. The van der Waals surface area contributed by atoms with E-state index < -0.39 is 0 Å². The Morgan fingerprint density at radius 2 is 1.93 bits per heavy atom. The normalized spacial score (nSPS) is 15.9. The van der Waals surface area contributed by atoms with Gasteiger partial charge in [0.05, 0.1) is 0 Å². The van der Waals surface area contributed by atoms with Gasteiger partial charge < -0.3 is 10.1 Å². The number of rotatable bonds is 8. The van der Waals surface area contributed by atoms with E-state index in [0.717, 1.165) is 19.6 Å². The third kappa shape index (κ3) is 6.39. The fourth-order valence-electron chi connectivity index (χ4n) is 1.70. The zero-order valence-electron chi connectivity index (χ0n) is 10.5. The molecule has 0 aliphatic rings. The summed E-state index contributed by atoms with van der Waals surface area (Å²) in [4.78, 5) is 0. The van der Waals surface area contributed by atoms with Gasteiger partial charge in [0, 0.05) is 26.3 Å². The summed E-state index contributed by atoms with van der Waals surface area (Å²) in [6, 6.07) is 0.578. The van der Waals surface area contributed by atoms with Crippen molar-refractivity contribution in [3.63, 3.8) is 0 Å². The highest BCUT2D eigenvalue weighted by Gasteiger charge is 2.22. The number of nitrogens with one attached hydrogen (secondary N) is 1. The van der Waals surface area contributed by atoms with Crippen molar-refractivity contribution in [3.8, 4) is 0 Å². The first-order valence-electron chi connectivity index (χ1n) is 5.76. The Balaban J connectivity index is 3.95. The lowest BCUT2D eigenvalue weighted by atomic mass is 9.82. The van der Waals surface area contributed by atoms with Crippen molar-refractivity contribution >= 4 is 0 Å². The van der Waals surface area contributed by atoms with E-state index in [1.54, 1.807) is 7.11 Å². The highest BCUT2D eigenvalue weighted by molar-refractivity contribution is 4.77. The third-order valence-electron chi connectivity index (χ3n) is 2.70. The summed E-state index contributed by atoms with van der Waals surface area (Å²) < 4.78 is 5.16. The molecule has 0 radical (unpaired) electrons. The molecule has 0 saturated heterocycles. The second-order valence-electron chi connectivity index (χ2n) is 4.84. The van der Waals surface area contributed by atoms with Gasteiger partial charge in [0.25, 0.3) is 0 Å². The summed E-state index contributed by atoms with van der Waals surface area (Å²) in [6.07, 6.45) is 3.67. The van der Waals surface area contributed by atoms with E-state index in [0.29, 0.717) is 11.5 Å². The zero-order valence-corrected chi connectivity index (χ0v) is 10.5. The molecule has 0 aromatic heterocycles. The highest BCUT2D eigenvalue weighted by atomic mass is 16.5. The van der Waals surface area contributed by atoms with Crippen LogP contribution >= 0.6 is 0 Å². The molecule has 0 fully saturated rings. The van der Waals surface area contributed by atoms with Crippen LogP contribution in [0.2, 0.25) is 0 Å². The van der Waals surface area contributed by atoms with Crippen molar-refractivity contribution in [1.82, 2.24) is 5.32 Å². The minimum Gasteiger partial charge on any atom is -0.385 e. The zero-order chi connectivity index (χ0) is 11.0. The van der Waals surface area contributed by atoms with E-state index in [1.807, 2.05) is 0 Å². The number of methoxy groups -OCH3 is 1. The van der Waals surface area contributed by atoms with Crippen LogP contribution in [-0.4, -0.2) is 26.3 Å². The van der Waals surface area contributed by atoms with E-state index in [1.165, 1.54) is 12.8 Å². The molecule has 0 spiro atoms. The van der Waals surface area contributed by atoms with E-state index in [-0.39, 0.29) is 0 Å². The summed E-state index contributed by atoms with van der Waals surface area (Å²) in [5, 5.41) is 3.52. The largest absolute Gasteiger partial charge is 0.385 e. The number of ether oxygens (including phenoxy) is 1. The first kappa shape index (κ1) is 13.9. The van der Waals surface area contributed by atoms with Gasteiger partial charge in [0.2, 0.25) is 0 Å². The molecule has 0 aliphatic carbocycles. The van der Waals surface area contributed by atoms with Gasteiger partial charge in [-0.3, -0.25) is 0 Å². The van der Waals surface area contributed by atoms with Crippen molar-refractivity contribution in [2.45, 2.75) is 53.0 Å². The predicted octanol–water partition coefficient (Wildman–Crippen LogP) is 2.83. The molecule has 14 heavy (non-hydrogen) atoms. The summed E-state index contributed by atoms with van der Waals surface area (Å²) in [6.45, 7) is 11.0. The Bertz CT molecular complexity index is 136. The van der Waals surface area contributed by atoms with Crippen LogP contribution in [0.3, 0.4) is 0 Å². The maximum absolute atomic E-state index is 5.16. The van der Waals surface area contributed by atoms with Crippen LogP contribution in [0.4, 0.5) is 0 Å². The van der Waals surface area contributed by atoms with Crippen LogP contribution in [0.5, 0.6) is 0 Å². The quantitative estimate of drug-likeness (QED) is 0.652. The first-order chi connectivity index (χ1) is 6.54. The van der Waals surface area contributed by atoms with Crippen LogP contribution < -0.4 is 5.32 Å². The van der Waals surface area contributed by atoms with Crippen LogP contribution in [-0.2, 0) is 4.74 Å². The maximum Gasteiger partial charge on any atom is 0.0467 e. The Labute approximate surface area is 89.4 Å². The topological polar surface area (TPSA) is 21.3 Å². The molecule has 0 bridgehead atoms. The molecule has 0 aliphatic heterocycles. The molecule has 2 heteroatoms. The van der Waals surface area contributed by atoms with E-state index in [9.17, 15) is 0 Å². The first-order valence-corrected chi connectivity index (χ1v) is 5.76. The molecule has 0 heterocycles. The molecular weight excluding hydrogens is 174 g/mol. The van der Waals surface area contributed by atoms with Gasteiger partial charge in [-0.25, -0.2) is 0 Å². The fraction of sp³-hybridized carbons (Fsp3) is 1.00. The van der Waals surface area contributed by atoms with Crippen LogP contribution in [0.15, 0.2) is 0 Å². The molecule has 0 rings (SSSR count). The lowest BCUT2D eigenvalue weighted by molar-refractivity contribution is 0.134. The fourth-order valence-corrected chi connectivity index (χ4v) is 1.70. The lowest BCUT2D eigenvalue weighted by Gasteiger charge is -2.30. The molecule has 0 saturated carbocycles. The van der Waals surface area contributed by atoms with Crippen LogP contribution in [0.1, 0.15) is 47.0 Å². The molecule has 0 aromatic carbocycles. The summed E-state index contributed by atoms with van der Waals surface area (Å²) in [7, 11) is 1.78. The van der Waals surface area contributed by atoms with Gasteiger partial charge in [-0.05, 0) is 18.3 Å². The summed E-state index contributed by atoms with van der Waals surface area (Å²) in [5.41, 5.74) is 0.398. The minimum absolute atomic E-state index is 0.398. The van der Waals surface area contributed by atoms with Gasteiger partial charge in [0.15, 0.2) is 0 Å². The molecule has 0 amide bonds. The molecule has 86 valence electrons. The summed E-state index contributed by atoms with van der Waals surface area (Å²) >= 11 is 0. The van der Waals surface area contributed by atoms with Gasteiger partial charge >= 0.3 is 0 Å². The van der Waals surface area contributed by atoms with Crippen molar-refractivity contribution < 1.29 is 4.74 Å². The van der Waals surface area contributed by atoms with Crippen molar-refractivity contribution in [3.05, 3.63) is 0 Å². The third-order valence-corrected chi connectivity index (χ3v) is 2.70. The monoisotopic (exact) mass is 201 g/mol. The maximum atomic E-state index is 5.16. The Morgan fingerprint density at radius 1 is 1.29 bits per heavy atom. The Kier molecular flexibility index (Phi) is 7.20. The lowest BCUT2D eigenvalue weighted by Crippen LogP contribution is -2.36. The van der Waals surface area contributed by atoms with Gasteiger partial charge in [-0.1, -0.05) is 34.1 Å². The standard InChI is InChI=1S/C12H27NO/c1-6-7-12(4,8-9-14-5)10-13-11(2)3/h11,13H,6-10H2,1-5H3. The van der Waals surface area contributed by atoms with Crippen molar-refractivity contribution in [2.75, 3.05) is 20.3 Å². The second kappa shape index (κ2) is 7.24. The SMILES string of the molecule is CCCC(C)(CCOC)CNC(C)C. The molecule has 0 aromatic rings. The van der Waals surface area contributed by atoms with Crippen LogP contribution in [0.25, 0.3) is 0 Å². The molecule has 1 N–H and O–H groups in total. The van der Waals surface area contributed by atoms with Gasteiger partial charge in [-0.15, -0.1) is 0 Å². The second-order valence-corrected chi connectivity index (χ2v) is 4.84. The molecule has 2 nitrogen and oxygen atoms in total. The molecular formula is C12H27NO. The Hall–Kier alpha value is -0.0800. The summed E-state index contributed by atoms with van der Waals surface area (Å²) in [5.74, 6) is 0. The van der Waals surface area contributed by atoms with E-state index in [2.05, 4.69) is 33.0 Å². The minimum atomic E-state index is 0.398. The number of hydrogen-bond acceptors (Lipinski definition) is 2. The average molecular weight is 201 g/mol. The van der Waals surface area contributed by atoms with Crippen LogP contribution in [0, 0.1) is 5.41 Å². The van der Waals surface area contributed by atoms with Crippen molar-refractivity contribution in [2.24, 2.45) is 5.41 Å². The Morgan fingerprint density at radius 3 is 2.36 bits per heavy atom. The van der Waals surface area contributed by atoms with E-state index >= 15 is 0 Å². The molecule has 1 atom stereocenters. The van der Waals surface area contributed by atoms with Gasteiger partial charge in [0.1, 0.15) is 0 Å². The predicted molar refractivity (Wildman–Crippen MR) is 62.6 cm³/mol. The number of hydrogen-bond donors (Lipinski definition) is 1. The average Bonchev–Trinajstić information content (AvgIpc) is 2.13. The van der Waals surface area contributed by atoms with Crippen molar-refractivity contribution in [1.29, 1.82) is 0 Å². The molecule has 1 unspecified atom stereocenters.